The third-order valence-electron chi connectivity index (χ3n) is 4.32. The van der Waals surface area contributed by atoms with Gasteiger partial charge in [0.25, 0.3) is 5.91 Å². The van der Waals surface area contributed by atoms with Crippen molar-refractivity contribution in [2.24, 2.45) is 0 Å². The molecule has 5 heteroatoms. The zero-order chi connectivity index (χ0) is 19.9. The normalized spacial score (nSPS) is 10.4. The Hall–Kier alpha value is -2.98. The van der Waals surface area contributed by atoms with Crippen LogP contribution in [0.2, 0.25) is 5.02 Å². The number of benzene rings is 3. The first-order chi connectivity index (χ1) is 13.5. The number of ether oxygens (including phenoxy) is 1. The molecular weight excluding hydrogens is 372 g/mol. The van der Waals surface area contributed by atoms with Crippen LogP contribution in [-0.4, -0.2) is 12.5 Å². The molecule has 0 saturated heterocycles. The van der Waals surface area contributed by atoms with Gasteiger partial charge in [-0.05, 0) is 55.3 Å². The summed E-state index contributed by atoms with van der Waals surface area (Å²) >= 11 is 6.32. The highest BCUT2D eigenvalue weighted by Gasteiger charge is 2.08. The second kappa shape index (κ2) is 9.29. The van der Waals surface area contributed by atoms with Crippen LogP contribution in [0.5, 0.6) is 5.75 Å². The summed E-state index contributed by atoms with van der Waals surface area (Å²) in [6.07, 6.45) is 0. The predicted octanol–water partition coefficient (Wildman–Crippen LogP) is 5.59. The summed E-state index contributed by atoms with van der Waals surface area (Å²) < 4.78 is 5.58. The maximum absolute atomic E-state index is 12.1. The van der Waals surface area contributed by atoms with E-state index >= 15 is 0 Å². The molecule has 2 N–H and O–H groups in total. The number of nitrogens with one attached hydrogen (secondary N) is 2. The van der Waals surface area contributed by atoms with Crippen molar-refractivity contribution in [2.75, 3.05) is 17.2 Å². The van der Waals surface area contributed by atoms with E-state index in [0.717, 1.165) is 22.5 Å². The second-order valence-electron chi connectivity index (χ2n) is 6.64. The lowest BCUT2D eigenvalue weighted by molar-refractivity contribution is -0.118. The number of carbonyl (C=O) groups is 1. The average molecular weight is 395 g/mol. The molecule has 28 heavy (non-hydrogen) atoms. The van der Waals surface area contributed by atoms with Crippen LogP contribution >= 0.6 is 11.6 Å². The van der Waals surface area contributed by atoms with Crippen LogP contribution < -0.4 is 15.4 Å². The molecule has 1 amide bonds. The predicted molar refractivity (Wildman–Crippen MR) is 115 cm³/mol. The molecule has 0 atom stereocenters. The maximum atomic E-state index is 12.1. The molecule has 3 aromatic carbocycles. The molecule has 0 saturated carbocycles. The highest BCUT2D eigenvalue weighted by Crippen LogP contribution is 2.26. The fourth-order valence-electron chi connectivity index (χ4n) is 2.69. The van der Waals surface area contributed by atoms with Gasteiger partial charge in [0.2, 0.25) is 0 Å². The number of amides is 1. The largest absolute Gasteiger partial charge is 0.482 e. The highest BCUT2D eigenvalue weighted by molar-refractivity contribution is 6.32. The first-order valence-electron chi connectivity index (χ1n) is 9.08. The van der Waals surface area contributed by atoms with E-state index in [1.165, 1.54) is 5.56 Å². The Bertz CT molecular complexity index is 955. The lowest BCUT2D eigenvalue weighted by Crippen LogP contribution is -2.20. The number of aryl methyl sites for hydroxylation is 2. The molecule has 0 aliphatic rings. The summed E-state index contributed by atoms with van der Waals surface area (Å²) in [5, 5.41) is 6.67. The molecule has 0 fully saturated rings. The Morgan fingerprint density at radius 1 is 1.00 bits per heavy atom. The van der Waals surface area contributed by atoms with Gasteiger partial charge in [-0.1, -0.05) is 53.6 Å². The van der Waals surface area contributed by atoms with Crippen LogP contribution in [0.3, 0.4) is 0 Å². The molecule has 0 heterocycles. The van der Waals surface area contributed by atoms with Gasteiger partial charge < -0.3 is 15.4 Å². The fraction of sp³-hybridized carbons (Fsp3) is 0.174. The van der Waals surface area contributed by atoms with Gasteiger partial charge in [-0.3, -0.25) is 4.79 Å². The van der Waals surface area contributed by atoms with E-state index in [4.69, 9.17) is 16.3 Å². The first kappa shape index (κ1) is 19.8. The van der Waals surface area contributed by atoms with Gasteiger partial charge in [-0.15, -0.1) is 0 Å². The van der Waals surface area contributed by atoms with Crippen LogP contribution in [0.1, 0.15) is 16.7 Å². The zero-order valence-corrected chi connectivity index (χ0v) is 16.7. The van der Waals surface area contributed by atoms with E-state index in [9.17, 15) is 4.79 Å². The Morgan fingerprint density at radius 3 is 2.46 bits per heavy atom. The lowest BCUT2D eigenvalue weighted by atomic mass is 10.2. The molecule has 0 bridgehead atoms. The van der Waals surface area contributed by atoms with E-state index in [0.29, 0.717) is 17.3 Å². The van der Waals surface area contributed by atoms with Gasteiger partial charge in [0.1, 0.15) is 5.75 Å². The van der Waals surface area contributed by atoms with Gasteiger partial charge in [0.05, 0.1) is 5.02 Å². The highest BCUT2D eigenvalue weighted by atomic mass is 35.5. The number of halogens is 1. The van der Waals surface area contributed by atoms with Crippen molar-refractivity contribution in [3.05, 3.63) is 88.4 Å². The standard InChI is InChI=1S/C23H23ClN2O2/c1-16-7-10-19(11-8-16)25-14-18-9-12-22(20(24)13-18)28-15-23(27)26-21-6-4-3-5-17(21)2/h3-13,25H,14-15H2,1-2H3,(H,26,27). The molecular formula is C23H23ClN2O2. The quantitative estimate of drug-likeness (QED) is 0.549. The third-order valence-corrected chi connectivity index (χ3v) is 4.62. The maximum Gasteiger partial charge on any atom is 0.262 e. The minimum absolute atomic E-state index is 0.102. The van der Waals surface area contributed by atoms with Gasteiger partial charge in [0.15, 0.2) is 6.61 Å². The van der Waals surface area contributed by atoms with Crippen LogP contribution in [0, 0.1) is 13.8 Å². The molecule has 0 aromatic heterocycles. The van der Waals surface area contributed by atoms with Crippen molar-refractivity contribution in [2.45, 2.75) is 20.4 Å². The molecule has 3 aromatic rings. The van der Waals surface area contributed by atoms with Crippen molar-refractivity contribution in [1.82, 2.24) is 0 Å². The minimum atomic E-state index is -0.226. The number of carbonyl (C=O) groups excluding carboxylic acids is 1. The van der Waals surface area contributed by atoms with Gasteiger partial charge in [0, 0.05) is 17.9 Å². The van der Waals surface area contributed by atoms with Crippen molar-refractivity contribution >= 4 is 28.9 Å². The van der Waals surface area contributed by atoms with E-state index in [1.54, 1.807) is 6.07 Å². The summed E-state index contributed by atoms with van der Waals surface area (Å²) in [7, 11) is 0. The Morgan fingerprint density at radius 2 is 1.75 bits per heavy atom. The van der Waals surface area contributed by atoms with Crippen molar-refractivity contribution < 1.29 is 9.53 Å². The molecule has 144 valence electrons. The fourth-order valence-corrected chi connectivity index (χ4v) is 2.95. The number of rotatable bonds is 7. The van der Waals surface area contributed by atoms with E-state index in [1.807, 2.05) is 55.5 Å². The summed E-state index contributed by atoms with van der Waals surface area (Å²) in [6.45, 7) is 4.55. The zero-order valence-electron chi connectivity index (χ0n) is 16.0. The second-order valence-corrected chi connectivity index (χ2v) is 7.04. The van der Waals surface area contributed by atoms with Gasteiger partial charge in [-0.25, -0.2) is 0 Å². The average Bonchev–Trinajstić information content (AvgIpc) is 2.68. The Labute approximate surface area is 170 Å². The van der Waals surface area contributed by atoms with E-state index in [-0.39, 0.29) is 12.5 Å². The molecule has 4 nitrogen and oxygen atoms in total. The smallest absolute Gasteiger partial charge is 0.262 e. The summed E-state index contributed by atoms with van der Waals surface area (Å²) in [6, 6.07) is 21.4. The number of anilines is 2. The van der Waals surface area contributed by atoms with Crippen LogP contribution in [0.4, 0.5) is 11.4 Å². The molecule has 0 aliphatic carbocycles. The summed E-state index contributed by atoms with van der Waals surface area (Å²) in [5.74, 6) is 0.260. The van der Waals surface area contributed by atoms with Crippen molar-refractivity contribution in [3.8, 4) is 5.75 Å². The minimum Gasteiger partial charge on any atom is -0.482 e. The Kier molecular flexibility index (Phi) is 6.56. The summed E-state index contributed by atoms with van der Waals surface area (Å²) in [5.41, 5.74) is 5.08. The molecule has 0 spiro atoms. The van der Waals surface area contributed by atoms with Crippen molar-refractivity contribution in [1.29, 1.82) is 0 Å². The monoisotopic (exact) mass is 394 g/mol. The van der Waals surface area contributed by atoms with Gasteiger partial charge >= 0.3 is 0 Å². The van der Waals surface area contributed by atoms with E-state index in [2.05, 4.69) is 29.7 Å². The van der Waals surface area contributed by atoms with Gasteiger partial charge in [-0.2, -0.15) is 0 Å². The molecule has 0 radical (unpaired) electrons. The lowest BCUT2D eigenvalue weighted by Gasteiger charge is -2.12. The molecule has 0 aliphatic heterocycles. The van der Waals surface area contributed by atoms with E-state index < -0.39 is 0 Å². The summed E-state index contributed by atoms with van der Waals surface area (Å²) in [4.78, 5) is 12.1. The number of hydrogen-bond acceptors (Lipinski definition) is 3. The van der Waals surface area contributed by atoms with Crippen molar-refractivity contribution in [3.63, 3.8) is 0 Å². The SMILES string of the molecule is Cc1ccc(NCc2ccc(OCC(=O)Nc3ccccc3C)c(Cl)c2)cc1. The number of para-hydroxylation sites is 1. The number of hydrogen-bond donors (Lipinski definition) is 2. The van der Waals surface area contributed by atoms with Crippen LogP contribution in [0.25, 0.3) is 0 Å². The third kappa shape index (κ3) is 5.51. The Balaban J connectivity index is 1.53. The first-order valence-corrected chi connectivity index (χ1v) is 9.46. The topological polar surface area (TPSA) is 50.4 Å². The molecule has 3 rings (SSSR count). The van der Waals surface area contributed by atoms with Crippen LogP contribution in [-0.2, 0) is 11.3 Å². The molecule has 0 unspecified atom stereocenters. The van der Waals surface area contributed by atoms with Crippen LogP contribution in [0.15, 0.2) is 66.7 Å².